The van der Waals surface area contributed by atoms with Gasteiger partial charge in [0.1, 0.15) is 0 Å². The number of hydrogen-bond acceptors (Lipinski definition) is 0. The number of nitrogens with zero attached hydrogens (tertiary/aromatic N) is 1. The zero-order valence-corrected chi connectivity index (χ0v) is 29.0. The number of fused-ring (bicyclic) bond motifs is 6. The maximum Gasteiger partial charge on any atom is 0.0875 e. The average molecular weight is 652 g/mol. The minimum Gasteiger partial charge on any atom is -0.309 e. The minimum atomic E-state index is -0.646. The summed E-state index contributed by atoms with van der Waals surface area (Å²) in [5, 5.41) is 13.2. The molecule has 10 rings (SSSR count). The molecule has 1 heterocycles. The molecule has 0 unspecified atom stereocenters. The predicted molar refractivity (Wildman–Crippen MR) is 218 cm³/mol. The highest BCUT2D eigenvalue weighted by atomic mass is 28.2. The van der Waals surface area contributed by atoms with Crippen molar-refractivity contribution < 1.29 is 0 Å². The lowest BCUT2D eigenvalue weighted by Crippen LogP contribution is -2.26. The van der Waals surface area contributed by atoms with E-state index in [1.807, 2.05) is 0 Å². The SMILES string of the molecule is c1ccc([SiH2]c2ccc3c(-c4ccc(-n5c6ccccc6c6ccccc65)cc4)c4ccccc4c(-c4ccc5ccccc5c4)c3c2)cc1. The van der Waals surface area contributed by atoms with Crippen LogP contribution in [0.4, 0.5) is 0 Å². The molecule has 50 heavy (non-hydrogen) atoms. The van der Waals surface area contributed by atoms with Gasteiger partial charge >= 0.3 is 0 Å². The molecular weight excluding hydrogens is 619 g/mol. The lowest BCUT2D eigenvalue weighted by molar-refractivity contribution is 1.18. The van der Waals surface area contributed by atoms with E-state index >= 15 is 0 Å². The van der Waals surface area contributed by atoms with Crippen LogP contribution in [0.5, 0.6) is 0 Å². The maximum atomic E-state index is 2.50. The van der Waals surface area contributed by atoms with Crippen LogP contribution in [0, 0.1) is 0 Å². The van der Waals surface area contributed by atoms with Crippen molar-refractivity contribution in [3.8, 4) is 27.9 Å². The first-order chi connectivity index (χ1) is 24.8. The number of para-hydroxylation sites is 2. The Labute approximate surface area is 293 Å². The minimum absolute atomic E-state index is 0.646. The lowest BCUT2D eigenvalue weighted by Gasteiger charge is -2.19. The molecule has 0 saturated heterocycles. The van der Waals surface area contributed by atoms with Crippen molar-refractivity contribution in [3.63, 3.8) is 0 Å². The summed E-state index contributed by atoms with van der Waals surface area (Å²) >= 11 is 0. The zero-order valence-electron chi connectivity index (χ0n) is 27.6. The first kappa shape index (κ1) is 28.8. The number of hydrogen-bond donors (Lipinski definition) is 0. The van der Waals surface area contributed by atoms with Gasteiger partial charge < -0.3 is 4.57 Å². The molecule has 0 bridgehead atoms. The van der Waals surface area contributed by atoms with E-state index in [2.05, 4.69) is 193 Å². The molecule has 0 aliphatic rings. The third-order valence-corrected chi connectivity index (χ3v) is 12.1. The second kappa shape index (κ2) is 11.7. The fourth-order valence-electron chi connectivity index (χ4n) is 8.11. The lowest BCUT2D eigenvalue weighted by atomic mass is 9.85. The van der Waals surface area contributed by atoms with E-state index in [4.69, 9.17) is 0 Å². The van der Waals surface area contributed by atoms with Crippen LogP contribution in [0.1, 0.15) is 0 Å². The van der Waals surface area contributed by atoms with Crippen LogP contribution < -0.4 is 10.4 Å². The van der Waals surface area contributed by atoms with Crippen LogP contribution in [0.2, 0.25) is 0 Å². The molecule has 9 aromatic carbocycles. The Morgan fingerprint density at radius 2 is 0.860 bits per heavy atom. The molecular formula is C48H33NSi. The molecule has 0 fully saturated rings. The topological polar surface area (TPSA) is 4.93 Å². The van der Waals surface area contributed by atoms with E-state index in [0.29, 0.717) is 0 Å². The third kappa shape index (κ3) is 4.68. The highest BCUT2D eigenvalue weighted by molar-refractivity contribution is 6.67. The van der Waals surface area contributed by atoms with Crippen molar-refractivity contribution in [1.29, 1.82) is 0 Å². The molecule has 10 aromatic rings. The fraction of sp³-hybridized carbons (Fsp3) is 0. The summed E-state index contributed by atoms with van der Waals surface area (Å²) in [5.41, 5.74) is 8.73. The van der Waals surface area contributed by atoms with E-state index in [9.17, 15) is 0 Å². The maximum absolute atomic E-state index is 2.50. The van der Waals surface area contributed by atoms with Gasteiger partial charge in [-0.15, -0.1) is 0 Å². The van der Waals surface area contributed by atoms with Crippen molar-refractivity contribution >= 4 is 74.0 Å². The van der Waals surface area contributed by atoms with Crippen LogP contribution in [0.25, 0.3) is 82.1 Å². The first-order valence-electron chi connectivity index (χ1n) is 17.4. The summed E-state index contributed by atoms with van der Waals surface area (Å²) in [6.45, 7) is 0. The smallest absolute Gasteiger partial charge is 0.0875 e. The number of rotatable bonds is 5. The first-order valence-corrected chi connectivity index (χ1v) is 18.8. The highest BCUT2D eigenvalue weighted by Crippen LogP contribution is 2.44. The zero-order chi connectivity index (χ0) is 33.0. The quantitative estimate of drug-likeness (QED) is 0.129. The molecule has 2 heteroatoms. The Morgan fingerprint density at radius 1 is 0.320 bits per heavy atom. The van der Waals surface area contributed by atoms with Crippen molar-refractivity contribution in [2.45, 2.75) is 0 Å². The standard InChI is InChI=1S/C48H33NSi/c1-2-14-37(15-3-1)50-38-28-29-43-44(31-38)48(35-23-22-32-12-4-5-13-34(32)30-35)42-19-7-6-18-41(42)47(43)33-24-26-36(27-25-33)49-45-20-10-8-16-39(45)40-17-9-11-21-46(40)49/h1-31H,50H2. The summed E-state index contributed by atoms with van der Waals surface area (Å²) in [7, 11) is -0.646. The van der Waals surface area contributed by atoms with Crippen LogP contribution in [0.3, 0.4) is 0 Å². The van der Waals surface area contributed by atoms with E-state index in [1.54, 1.807) is 0 Å². The van der Waals surface area contributed by atoms with Gasteiger partial charge in [-0.05, 0) is 84.9 Å². The fourth-order valence-corrected chi connectivity index (χ4v) is 9.63. The summed E-state index contributed by atoms with van der Waals surface area (Å²) in [4.78, 5) is 0. The van der Waals surface area contributed by atoms with Gasteiger partial charge in [-0.3, -0.25) is 0 Å². The molecule has 0 radical (unpaired) electrons. The van der Waals surface area contributed by atoms with Crippen LogP contribution in [-0.4, -0.2) is 14.1 Å². The summed E-state index contributed by atoms with van der Waals surface area (Å²) in [6, 6.07) is 69.6. The van der Waals surface area contributed by atoms with Crippen molar-refractivity contribution in [1.82, 2.24) is 4.57 Å². The van der Waals surface area contributed by atoms with Crippen LogP contribution >= 0.6 is 0 Å². The van der Waals surface area contributed by atoms with Gasteiger partial charge in [-0.2, -0.15) is 0 Å². The van der Waals surface area contributed by atoms with Gasteiger partial charge in [0.25, 0.3) is 0 Å². The summed E-state index contributed by atoms with van der Waals surface area (Å²) in [5.74, 6) is 0. The predicted octanol–water partition coefficient (Wildman–Crippen LogP) is 10.7. The Kier molecular flexibility index (Phi) is 6.75. The molecule has 0 saturated carbocycles. The van der Waals surface area contributed by atoms with Crippen molar-refractivity contribution in [3.05, 3.63) is 188 Å². The molecule has 0 spiro atoms. The summed E-state index contributed by atoms with van der Waals surface area (Å²) in [6.07, 6.45) is 0. The Balaban J connectivity index is 1.21. The normalized spacial score (nSPS) is 11.9. The Morgan fingerprint density at radius 3 is 1.56 bits per heavy atom. The second-order valence-electron chi connectivity index (χ2n) is 13.3. The van der Waals surface area contributed by atoms with Gasteiger partial charge in [-0.1, -0.05) is 168 Å². The molecule has 0 amide bonds. The van der Waals surface area contributed by atoms with Crippen molar-refractivity contribution in [2.75, 3.05) is 0 Å². The van der Waals surface area contributed by atoms with Gasteiger partial charge in [0.05, 0.1) is 20.6 Å². The van der Waals surface area contributed by atoms with Crippen molar-refractivity contribution in [2.24, 2.45) is 0 Å². The molecule has 0 aliphatic heterocycles. The van der Waals surface area contributed by atoms with Crippen LogP contribution in [0.15, 0.2) is 188 Å². The van der Waals surface area contributed by atoms with Gasteiger partial charge in [-0.25, -0.2) is 0 Å². The second-order valence-corrected chi connectivity index (χ2v) is 15.3. The van der Waals surface area contributed by atoms with Gasteiger partial charge in [0.2, 0.25) is 0 Å². The monoisotopic (exact) mass is 651 g/mol. The van der Waals surface area contributed by atoms with E-state index in [0.717, 1.165) is 0 Å². The van der Waals surface area contributed by atoms with E-state index < -0.39 is 9.52 Å². The number of benzene rings is 9. The average Bonchev–Trinajstić information content (AvgIpc) is 3.52. The van der Waals surface area contributed by atoms with Gasteiger partial charge in [0, 0.05) is 16.5 Å². The number of aromatic nitrogens is 1. The highest BCUT2D eigenvalue weighted by Gasteiger charge is 2.18. The Bertz CT molecular complexity index is 2830. The molecule has 1 aromatic heterocycles. The molecule has 0 N–H and O–H groups in total. The van der Waals surface area contributed by atoms with E-state index in [1.165, 1.54) is 92.4 Å². The van der Waals surface area contributed by atoms with Gasteiger partial charge in [0.15, 0.2) is 0 Å². The largest absolute Gasteiger partial charge is 0.309 e. The van der Waals surface area contributed by atoms with E-state index in [-0.39, 0.29) is 0 Å². The molecule has 0 aliphatic carbocycles. The third-order valence-electron chi connectivity index (χ3n) is 10.4. The Hall–Kier alpha value is -6.22. The van der Waals surface area contributed by atoms with Crippen LogP contribution in [-0.2, 0) is 0 Å². The molecule has 0 atom stereocenters. The molecule has 234 valence electrons. The molecule has 1 nitrogen and oxygen atoms in total. The summed E-state index contributed by atoms with van der Waals surface area (Å²) < 4.78 is 2.40.